The van der Waals surface area contributed by atoms with E-state index in [0.29, 0.717) is 56.5 Å². The standard InChI is InChI=1S/C27H30N6O4/c34-27-21(13-20-14-24-25(15-23(20)28-27)37-12-11-36-24)16-32(17-22-7-4-10-35-22)18-26-29-30-31-33(26)9-8-19-5-2-1-3-6-19/h1-3,5-6,13-15,22H,4,7-12,16-18H2,(H,28,34). The lowest BCUT2D eigenvalue weighted by molar-refractivity contribution is 0.0663. The number of benzene rings is 2. The Hall–Kier alpha value is -3.76. The van der Waals surface area contributed by atoms with E-state index >= 15 is 0 Å². The molecule has 1 unspecified atom stereocenters. The first-order valence-electron chi connectivity index (χ1n) is 12.8. The molecule has 1 saturated heterocycles. The minimum atomic E-state index is -0.120. The van der Waals surface area contributed by atoms with Crippen LogP contribution < -0.4 is 15.0 Å². The van der Waals surface area contributed by atoms with Crippen molar-refractivity contribution in [1.29, 1.82) is 0 Å². The van der Waals surface area contributed by atoms with Gasteiger partial charge in [0.1, 0.15) is 13.2 Å². The second kappa shape index (κ2) is 10.7. The topological polar surface area (TPSA) is 107 Å². The van der Waals surface area contributed by atoms with Gasteiger partial charge in [0.05, 0.1) is 18.2 Å². The second-order valence-corrected chi connectivity index (χ2v) is 9.57. The van der Waals surface area contributed by atoms with Crippen molar-refractivity contribution < 1.29 is 14.2 Å². The molecule has 0 spiro atoms. The van der Waals surface area contributed by atoms with Crippen molar-refractivity contribution in [1.82, 2.24) is 30.1 Å². The van der Waals surface area contributed by atoms with Gasteiger partial charge >= 0.3 is 0 Å². The van der Waals surface area contributed by atoms with Crippen LogP contribution in [0.2, 0.25) is 0 Å². The maximum atomic E-state index is 13.1. The van der Waals surface area contributed by atoms with Crippen molar-refractivity contribution in [3.63, 3.8) is 0 Å². The molecule has 192 valence electrons. The Morgan fingerprint density at radius 1 is 1.03 bits per heavy atom. The number of pyridine rings is 1. The first kappa shape index (κ1) is 23.6. The average molecular weight is 503 g/mol. The number of nitrogens with one attached hydrogen (secondary N) is 1. The average Bonchev–Trinajstić information content (AvgIpc) is 3.59. The van der Waals surface area contributed by atoms with Crippen molar-refractivity contribution in [2.75, 3.05) is 26.4 Å². The van der Waals surface area contributed by atoms with E-state index in [1.54, 1.807) is 0 Å². The van der Waals surface area contributed by atoms with Crippen LogP contribution in [0.1, 0.15) is 29.8 Å². The van der Waals surface area contributed by atoms with Crippen LogP contribution in [-0.4, -0.2) is 62.6 Å². The van der Waals surface area contributed by atoms with Crippen molar-refractivity contribution in [2.24, 2.45) is 0 Å². The van der Waals surface area contributed by atoms with Gasteiger partial charge in [0.25, 0.3) is 5.56 Å². The minimum Gasteiger partial charge on any atom is -0.486 e. The molecule has 0 saturated carbocycles. The molecule has 2 aromatic heterocycles. The highest BCUT2D eigenvalue weighted by Crippen LogP contribution is 2.33. The molecule has 10 heteroatoms. The number of tetrazole rings is 1. The van der Waals surface area contributed by atoms with Crippen LogP contribution in [0.3, 0.4) is 0 Å². The number of rotatable bonds is 9. The Balaban J connectivity index is 1.23. The first-order chi connectivity index (χ1) is 18.2. The lowest BCUT2D eigenvalue weighted by Crippen LogP contribution is -2.34. The summed E-state index contributed by atoms with van der Waals surface area (Å²) in [4.78, 5) is 18.3. The third kappa shape index (κ3) is 5.50. The number of nitrogens with zero attached hydrogens (tertiary/aromatic N) is 5. The molecule has 6 rings (SSSR count). The number of hydrogen-bond acceptors (Lipinski definition) is 8. The zero-order chi connectivity index (χ0) is 25.0. The van der Waals surface area contributed by atoms with Gasteiger partial charge < -0.3 is 19.2 Å². The van der Waals surface area contributed by atoms with Gasteiger partial charge in [-0.2, -0.15) is 0 Å². The zero-order valence-corrected chi connectivity index (χ0v) is 20.6. The molecule has 1 fully saturated rings. The number of aromatic nitrogens is 5. The fourth-order valence-electron chi connectivity index (χ4n) is 5.00. The van der Waals surface area contributed by atoms with Crippen molar-refractivity contribution in [3.05, 3.63) is 75.8 Å². The lowest BCUT2D eigenvalue weighted by Gasteiger charge is -2.25. The number of aryl methyl sites for hydroxylation is 2. The highest BCUT2D eigenvalue weighted by Gasteiger charge is 2.23. The molecule has 0 bridgehead atoms. The minimum absolute atomic E-state index is 0.120. The van der Waals surface area contributed by atoms with Gasteiger partial charge in [-0.05, 0) is 47.4 Å². The van der Waals surface area contributed by atoms with E-state index in [2.05, 4.69) is 37.5 Å². The van der Waals surface area contributed by atoms with E-state index in [0.717, 1.165) is 42.6 Å². The van der Waals surface area contributed by atoms with E-state index < -0.39 is 0 Å². The summed E-state index contributed by atoms with van der Waals surface area (Å²) in [5.74, 6) is 2.13. The quantitative estimate of drug-likeness (QED) is 0.372. The molecule has 0 aliphatic carbocycles. The lowest BCUT2D eigenvalue weighted by atomic mass is 10.1. The molecule has 37 heavy (non-hydrogen) atoms. The summed E-state index contributed by atoms with van der Waals surface area (Å²) in [5, 5.41) is 13.4. The van der Waals surface area contributed by atoms with Crippen LogP contribution in [-0.2, 0) is 30.8 Å². The summed E-state index contributed by atoms with van der Waals surface area (Å²) in [6, 6.07) is 16.0. The molecule has 1 atom stereocenters. The normalized spacial score (nSPS) is 17.1. The Labute approximate surface area is 214 Å². The highest BCUT2D eigenvalue weighted by molar-refractivity contribution is 5.83. The number of hydrogen-bond donors (Lipinski definition) is 1. The molecule has 0 radical (unpaired) electrons. The van der Waals surface area contributed by atoms with Crippen LogP contribution in [0.15, 0.2) is 53.3 Å². The molecular formula is C27H30N6O4. The Morgan fingerprint density at radius 2 is 1.86 bits per heavy atom. The van der Waals surface area contributed by atoms with Gasteiger partial charge in [-0.15, -0.1) is 5.10 Å². The predicted octanol–water partition coefficient (Wildman–Crippen LogP) is 2.71. The Morgan fingerprint density at radius 3 is 2.68 bits per heavy atom. The SMILES string of the molecule is O=c1[nH]c2cc3c(cc2cc1CN(Cc1nnnn1CCc1ccccc1)CC1CCCO1)OCCO3. The molecule has 0 amide bonds. The Kier molecular flexibility index (Phi) is 6.83. The number of H-pyrrole nitrogens is 1. The first-order valence-corrected chi connectivity index (χ1v) is 12.8. The van der Waals surface area contributed by atoms with Crippen LogP contribution in [0.5, 0.6) is 11.5 Å². The monoisotopic (exact) mass is 502 g/mol. The third-order valence-electron chi connectivity index (χ3n) is 6.89. The van der Waals surface area contributed by atoms with E-state index in [-0.39, 0.29) is 11.7 Å². The van der Waals surface area contributed by atoms with Gasteiger partial charge in [0.15, 0.2) is 17.3 Å². The fraction of sp³-hybridized carbons (Fsp3) is 0.407. The molecule has 4 aromatic rings. The molecule has 2 aliphatic heterocycles. The highest BCUT2D eigenvalue weighted by atomic mass is 16.6. The van der Waals surface area contributed by atoms with Gasteiger partial charge in [0, 0.05) is 43.3 Å². The summed E-state index contributed by atoms with van der Waals surface area (Å²) in [6.45, 7) is 4.14. The van der Waals surface area contributed by atoms with E-state index in [1.807, 2.05) is 41.1 Å². The smallest absolute Gasteiger partial charge is 0.252 e. The second-order valence-electron chi connectivity index (χ2n) is 9.57. The number of ether oxygens (including phenoxy) is 3. The predicted molar refractivity (Wildman–Crippen MR) is 137 cm³/mol. The largest absolute Gasteiger partial charge is 0.486 e. The van der Waals surface area contributed by atoms with Crippen LogP contribution in [0, 0.1) is 0 Å². The molecular weight excluding hydrogens is 472 g/mol. The van der Waals surface area contributed by atoms with E-state index in [4.69, 9.17) is 14.2 Å². The van der Waals surface area contributed by atoms with Crippen LogP contribution in [0.4, 0.5) is 0 Å². The van der Waals surface area contributed by atoms with Crippen LogP contribution >= 0.6 is 0 Å². The van der Waals surface area contributed by atoms with E-state index in [9.17, 15) is 4.79 Å². The zero-order valence-electron chi connectivity index (χ0n) is 20.6. The summed E-state index contributed by atoms with van der Waals surface area (Å²) >= 11 is 0. The molecule has 4 heterocycles. The third-order valence-corrected chi connectivity index (χ3v) is 6.89. The molecule has 2 aromatic carbocycles. The van der Waals surface area contributed by atoms with Gasteiger partial charge in [-0.25, -0.2) is 4.68 Å². The maximum absolute atomic E-state index is 13.1. The molecule has 2 aliphatic rings. The van der Waals surface area contributed by atoms with Crippen molar-refractivity contribution in [2.45, 2.75) is 45.0 Å². The number of fused-ring (bicyclic) bond motifs is 2. The van der Waals surface area contributed by atoms with Crippen molar-refractivity contribution >= 4 is 10.9 Å². The Bertz CT molecular complexity index is 1410. The van der Waals surface area contributed by atoms with Crippen molar-refractivity contribution in [3.8, 4) is 11.5 Å². The summed E-state index contributed by atoms with van der Waals surface area (Å²) < 4.78 is 19.2. The van der Waals surface area contributed by atoms with Gasteiger partial charge in [0.2, 0.25) is 0 Å². The van der Waals surface area contributed by atoms with Gasteiger partial charge in [-0.1, -0.05) is 30.3 Å². The molecule has 10 nitrogen and oxygen atoms in total. The van der Waals surface area contributed by atoms with Crippen LogP contribution in [0.25, 0.3) is 10.9 Å². The van der Waals surface area contributed by atoms with Gasteiger partial charge in [-0.3, -0.25) is 9.69 Å². The molecule has 1 N–H and O–H groups in total. The fourth-order valence-corrected chi connectivity index (χ4v) is 5.00. The van der Waals surface area contributed by atoms with E-state index in [1.165, 1.54) is 5.56 Å². The summed E-state index contributed by atoms with van der Waals surface area (Å²) in [6.07, 6.45) is 3.03. The summed E-state index contributed by atoms with van der Waals surface area (Å²) in [5.41, 5.74) is 2.52. The number of aromatic amines is 1. The maximum Gasteiger partial charge on any atom is 0.252 e. The summed E-state index contributed by atoms with van der Waals surface area (Å²) in [7, 11) is 0.